The highest BCUT2D eigenvalue weighted by molar-refractivity contribution is 6.02. The molecule has 22 heavy (non-hydrogen) atoms. The van der Waals surface area contributed by atoms with Crippen LogP contribution in [0, 0.1) is 6.92 Å². The maximum atomic E-state index is 11.9. The second kappa shape index (κ2) is 6.09. The summed E-state index contributed by atoms with van der Waals surface area (Å²) < 4.78 is 9.83. The Morgan fingerprint density at radius 3 is 2.73 bits per heavy atom. The minimum Gasteiger partial charge on any atom is -0.465 e. The summed E-state index contributed by atoms with van der Waals surface area (Å²) >= 11 is 0. The van der Waals surface area contributed by atoms with Crippen molar-refractivity contribution in [3.8, 4) is 11.3 Å². The Hall–Kier alpha value is -3.15. The molecule has 0 aliphatic rings. The van der Waals surface area contributed by atoms with Gasteiger partial charge in [-0.25, -0.2) is 4.63 Å². The molecule has 3 rings (SSSR count). The molecule has 0 spiro atoms. The van der Waals surface area contributed by atoms with Crippen LogP contribution in [0.15, 0.2) is 57.8 Å². The molecule has 6 nitrogen and oxygen atoms in total. The molecule has 0 bridgehead atoms. The molecular formula is C16H13N3O3. The van der Waals surface area contributed by atoms with E-state index in [-0.39, 0.29) is 11.7 Å². The molecule has 0 saturated heterocycles. The van der Waals surface area contributed by atoms with E-state index in [9.17, 15) is 4.79 Å². The van der Waals surface area contributed by atoms with Gasteiger partial charge in [0.05, 0.1) is 6.26 Å². The van der Waals surface area contributed by atoms with Gasteiger partial charge in [-0.15, -0.1) is 0 Å². The largest absolute Gasteiger partial charge is 0.465 e. The Morgan fingerprint density at radius 2 is 2.00 bits per heavy atom. The fourth-order valence-corrected chi connectivity index (χ4v) is 1.87. The fourth-order valence-electron chi connectivity index (χ4n) is 1.87. The number of hydrogen-bond acceptors (Lipinski definition) is 5. The first-order valence-electron chi connectivity index (χ1n) is 6.64. The lowest BCUT2D eigenvalue weighted by Crippen LogP contribution is -2.08. The van der Waals surface area contributed by atoms with Gasteiger partial charge in [0.2, 0.25) is 11.7 Å². The summed E-state index contributed by atoms with van der Waals surface area (Å²) in [5.74, 6) is 0.519. The second-order valence-corrected chi connectivity index (χ2v) is 4.67. The molecule has 110 valence electrons. The van der Waals surface area contributed by atoms with Crippen molar-refractivity contribution in [1.29, 1.82) is 0 Å². The van der Waals surface area contributed by atoms with Crippen molar-refractivity contribution < 1.29 is 13.8 Å². The molecule has 0 aliphatic heterocycles. The standard InChI is InChI=1S/C16H13N3O3/c1-11-4-6-12(7-5-11)15-16(19-22-18-15)17-14(20)9-8-13-3-2-10-21-13/h2-10H,1H3,(H,17,19,20)/b9-8+. The average molecular weight is 295 g/mol. The third kappa shape index (κ3) is 3.12. The molecule has 0 aliphatic carbocycles. The number of aryl methyl sites for hydroxylation is 1. The number of nitrogens with zero attached hydrogens (tertiary/aromatic N) is 2. The van der Waals surface area contributed by atoms with Crippen molar-refractivity contribution in [3.63, 3.8) is 0 Å². The van der Waals surface area contributed by atoms with Crippen LogP contribution < -0.4 is 5.32 Å². The number of carbonyl (C=O) groups excluding carboxylic acids is 1. The lowest BCUT2D eigenvalue weighted by molar-refractivity contribution is -0.111. The molecule has 2 heterocycles. The summed E-state index contributed by atoms with van der Waals surface area (Å²) in [4.78, 5) is 11.9. The SMILES string of the molecule is Cc1ccc(-c2nonc2NC(=O)/C=C/c2ccco2)cc1. The van der Waals surface area contributed by atoms with E-state index in [0.717, 1.165) is 11.1 Å². The molecule has 1 amide bonds. The van der Waals surface area contributed by atoms with Crippen molar-refractivity contribution in [1.82, 2.24) is 10.3 Å². The van der Waals surface area contributed by atoms with Crippen LogP contribution in [0.1, 0.15) is 11.3 Å². The van der Waals surface area contributed by atoms with Crippen LogP contribution in [0.25, 0.3) is 17.3 Å². The number of furan rings is 1. The molecule has 0 unspecified atom stereocenters. The van der Waals surface area contributed by atoms with Crippen LogP contribution in [-0.4, -0.2) is 16.2 Å². The number of aromatic nitrogens is 2. The number of hydrogen-bond donors (Lipinski definition) is 1. The van der Waals surface area contributed by atoms with Crippen molar-refractivity contribution in [3.05, 3.63) is 60.1 Å². The quantitative estimate of drug-likeness (QED) is 0.747. The monoisotopic (exact) mass is 295 g/mol. The predicted molar refractivity (Wildman–Crippen MR) is 80.8 cm³/mol. The highest BCUT2D eigenvalue weighted by Gasteiger charge is 2.13. The zero-order chi connectivity index (χ0) is 15.4. The lowest BCUT2D eigenvalue weighted by Gasteiger charge is -2.00. The third-order valence-electron chi connectivity index (χ3n) is 3.00. The van der Waals surface area contributed by atoms with Crippen LogP contribution in [0.3, 0.4) is 0 Å². The molecule has 0 saturated carbocycles. The fraction of sp³-hybridized carbons (Fsp3) is 0.0625. The first kappa shape index (κ1) is 13.8. The van der Waals surface area contributed by atoms with Crippen LogP contribution in [0.4, 0.5) is 5.82 Å². The highest BCUT2D eigenvalue weighted by atomic mass is 16.6. The molecule has 0 fully saturated rings. The first-order valence-corrected chi connectivity index (χ1v) is 6.64. The van der Waals surface area contributed by atoms with E-state index in [4.69, 9.17) is 9.05 Å². The number of carbonyl (C=O) groups is 1. The van der Waals surface area contributed by atoms with E-state index in [1.807, 2.05) is 31.2 Å². The lowest BCUT2D eigenvalue weighted by atomic mass is 10.1. The van der Waals surface area contributed by atoms with E-state index < -0.39 is 0 Å². The Bertz CT molecular complexity index is 786. The molecule has 3 aromatic rings. The summed E-state index contributed by atoms with van der Waals surface area (Å²) in [5, 5.41) is 10.2. The predicted octanol–water partition coefficient (Wildman–Crippen LogP) is 3.29. The number of rotatable bonds is 4. The van der Waals surface area contributed by atoms with Gasteiger partial charge in [0.1, 0.15) is 5.76 Å². The second-order valence-electron chi connectivity index (χ2n) is 4.67. The van der Waals surface area contributed by atoms with Crippen molar-refractivity contribution in [2.24, 2.45) is 0 Å². The van der Waals surface area contributed by atoms with Crippen molar-refractivity contribution in [2.75, 3.05) is 5.32 Å². The van der Waals surface area contributed by atoms with Crippen LogP contribution in [-0.2, 0) is 4.79 Å². The summed E-state index contributed by atoms with van der Waals surface area (Å²) in [6.45, 7) is 1.99. The Kier molecular flexibility index (Phi) is 3.82. The number of amides is 1. The number of anilines is 1. The first-order chi connectivity index (χ1) is 10.7. The van der Waals surface area contributed by atoms with E-state index in [1.54, 1.807) is 18.2 Å². The van der Waals surface area contributed by atoms with E-state index >= 15 is 0 Å². The molecule has 0 atom stereocenters. The minimum atomic E-state index is -0.347. The highest BCUT2D eigenvalue weighted by Crippen LogP contribution is 2.24. The maximum absolute atomic E-state index is 11.9. The van der Waals surface area contributed by atoms with Gasteiger partial charge in [-0.2, -0.15) is 0 Å². The summed E-state index contributed by atoms with van der Waals surface area (Å²) in [6.07, 6.45) is 4.45. The van der Waals surface area contributed by atoms with Crippen molar-refractivity contribution >= 4 is 17.8 Å². The van der Waals surface area contributed by atoms with Gasteiger partial charge in [-0.05, 0) is 35.4 Å². The smallest absolute Gasteiger partial charge is 0.249 e. The summed E-state index contributed by atoms with van der Waals surface area (Å²) in [5.41, 5.74) is 2.43. The Balaban J connectivity index is 1.75. The average Bonchev–Trinajstić information content (AvgIpc) is 3.17. The number of nitrogens with one attached hydrogen (secondary N) is 1. The Labute approximate surface area is 126 Å². The molecule has 6 heteroatoms. The molecule has 2 aromatic heterocycles. The van der Waals surface area contributed by atoms with Gasteiger partial charge in [0.25, 0.3) is 0 Å². The van der Waals surface area contributed by atoms with Crippen LogP contribution in [0.2, 0.25) is 0 Å². The van der Waals surface area contributed by atoms with Crippen LogP contribution in [0.5, 0.6) is 0 Å². The third-order valence-corrected chi connectivity index (χ3v) is 3.00. The van der Waals surface area contributed by atoms with E-state index in [2.05, 4.69) is 15.6 Å². The normalized spacial score (nSPS) is 11.0. The topological polar surface area (TPSA) is 81.2 Å². The molecule has 1 aromatic carbocycles. The van der Waals surface area contributed by atoms with Gasteiger partial charge in [-0.3, -0.25) is 4.79 Å². The minimum absolute atomic E-state index is 0.276. The number of benzene rings is 1. The summed E-state index contributed by atoms with van der Waals surface area (Å²) in [6, 6.07) is 11.2. The van der Waals surface area contributed by atoms with Gasteiger partial charge >= 0.3 is 0 Å². The van der Waals surface area contributed by atoms with Gasteiger partial charge < -0.3 is 9.73 Å². The molecule has 0 radical (unpaired) electrons. The van der Waals surface area contributed by atoms with Gasteiger partial charge in [0.15, 0.2) is 5.69 Å². The van der Waals surface area contributed by atoms with Crippen molar-refractivity contribution in [2.45, 2.75) is 6.92 Å². The maximum Gasteiger partial charge on any atom is 0.249 e. The van der Waals surface area contributed by atoms with E-state index in [1.165, 1.54) is 12.3 Å². The Morgan fingerprint density at radius 1 is 1.18 bits per heavy atom. The van der Waals surface area contributed by atoms with Gasteiger partial charge in [0, 0.05) is 11.6 Å². The zero-order valence-corrected chi connectivity index (χ0v) is 11.8. The van der Waals surface area contributed by atoms with Crippen LogP contribution >= 0.6 is 0 Å². The molecular weight excluding hydrogens is 282 g/mol. The zero-order valence-electron chi connectivity index (χ0n) is 11.8. The summed E-state index contributed by atoms with van der Waals surface area (Å²) in [7, 11) is 0. The van der Waals surface area contributed by atoms with Gasteiger partial charge in [-0.1, -0.05) is 29.8 Å². The van der Waals surface area contributed by atoms with E-state index in [0.29, 0.717) is 11.5 Å². The molecule has 1 N–H and O–H groups in total.